The third kappa shape index (κ3) is 10.1. The molecule has 15 heavy (non-hydrogen) atoms. The van der Waals surface area contributed by atoms with E-state index in [1.54, 1.807) is 0 Å². The molecule has 6 heteroatoms. The lowest BCUT2D eigenvalue weighted by molar-refractivity contribution is 0.296. The Hall–Kier alpha value is -0.170. The third-order valence-electron chi connectivity index (χ3n) is 2.19. The molecule has 0 radical (unpaired) electrons. The van der Waals surface area contributed by atoms with Crippen LogP contribution >= 0.6 is 0 Å². The molecule has 0 aromatic carbocycles. The van der Waals surface area contributed by atoms with Gasteiger partial charge in [0.15, 0.2) is 0 Å². The summed E-state index contributed by atoms with van der Waals surface area (Å²) in [5.41, 5.74) is 0. The molecule has 0 amide bonds. The summed E-state index contributed by atoms with van der Waals surface area (Å²) < 4.78 is 29.7. The van der Waals surface area contributed by atoms with E-state index in [1.807, 2.05) is 11.8 Å². The van der Waals surface area contributed by atoms with Crippen molar-refractivity contribution in [2.24, 2.45) is 0 Å². The fraction of sp³-hybridized carbons (Fsp3) is 1.00. The molecular formula is C9H22N2O3S. The summed E-state index contributed by atoms with van der Waals surface area (Å²) in [4.78, 5) is 2.02. The Balaban J connectivity index is 3.64. The molecule has 0 aliphatic heterocycles. The molecule has 0 unspecified atom stereocenters. The molecule has 0 aliphatic rings. The van der Waals surface area contributed by atoms with Gasteiger partial charge in [0.05, 0.1) is 5.75 Å². The summed E-state index contributed by atoms with van der Waals surface area (Å²) >= 11 is 0. The van der Waals surface area contributed by atoms with E-state index in [2.05, 4.69) is 12.2 Å². The molecule has 0 spiro atoms. The first-order valence-electron chi connectivity index (χ1n) is 5.37. The number of rotatable bonds is 9. The molecule has 92 valence electrons. The highest BCUT2D eigenvalue weighted by atomic mass is 32.2. The fourth-order valence-electron chi connectivity index (χ4n) is 1.28. The third-order valence-corrected chi connectivity index (χ3v) is 2.89. The van der Waals surface area contributed by atoms with Crippen molar-refractivity contribution in [3.8, 4) is 0 Å². The van der Waals surface area contributed by atoms with E-state index in [9.17, 15) is 8.42 Å². The van der Waals surface area contributed by atoms with Crippen LogP contribution in [0, 0.1) is 0 Å². The van der Waals surface area contributed by atoms with Crippen molar-refractivity contribution in [2.45, 2.75) is 20.3 Å². The summed E-state index contributed by atoms with van der Waals surface area (Å²) in [6, 6.07) is 0. The first-order valence-corrected chi connectivity index (χ1v) is 6.98. The predicted molar refractivity (Wildman–Crippen MR) is 61.7 cm³/mol. The lowest BCUT2D eigenvalue weighted by Crippen LogP contribution is -2.31. The molecule has 0 bridgehead atoms. The maximum atomic E-state index is 10.5. The first-order chi connectivity index (χ1) is 6.99. The number of hydrogen-bond acceptors (Lipinski definition) is 4. The van der Waals surface area contributed by atoms with Crippen LogP contribution in [-0.4, -0.2) is 56.3 Å². The molecule has 0 rings (SSSR count). The van der Waals surface area contributed by atoms with Crippen molar-refractivity contribution in [3.63, 3.8) is 0 Å². The predicted octanol–water partition coefficient (Wildman–Crippen LogP) is 0.196. The van der Waals surface area contributed by atoms with Crippen LogP contribution in [0.2, 0.25) is 0 Å². The van der Waals surface area contributed by atoms with Gasteiger partial charge in [-0.1, -0.05) is 13.8 Å². The highest BCUT2D eigenvalue weighted by Crippen LogP contribution is 1.93. The molecule has 2 N–H and O–H groups in total. The van der Waals surface area contributed by atoms with Crippen LogP contribution in [0.4, 0.5) is 0 Å². The van der Waals surface area contributed by atoms with E-state index < -0.39 is 10.1 Å². The van der Waals surface area contributed by atoms with E-state index in [1.165, 1.54) is 0 Å². The number of hydrogen-bond donors (Lipinski definition) is 2. The zero-order chi connectivity index (χ0) is 11.7. The van der Waals surface area contributed by atoms with Crippen molar-refractivity contribution >= 4 is 10.1 Å². The molecule has 0 saturated carbocycles. The summed E-state index contributed by atoms with van der Waals surface area (Å²) in [6.45, 7) is 8.01. The molecular weight excluding hydrogens is 216 g/mol. The quantitative estimate of drug-likeness (QED) is 0.443. The van der Waals surface area contributed by atoms with Crippen LogP contribution in [0.1, 0.15) is 20.3 Å². The van der Waals surface area contributed by atoms with Crippen LogP contribution in [0.25, 0.3) is 0 Å². The van der Waals surface area contributed by atoms with Crippen molar-refractivity contribution in [1.29, 1.82) is 0 Å². The Morgan fingerprint density at radius 1 is 1.27 bits per heavy atom. The smallest absolute Gasteiger partial charge is 0.266 e. The lowest BCUT2D eigenvalue weighted by atomic mass is 10.3. The average Bonchev–Trinajstić information content (AvgIpc) is 2.15. The van der Waals surface area contributed by atoms with Crippen molar-refractivity contribution in [1.82, 2.24) is 10.2 Å². The Morgan fingerprint density at radius 2 is 1.93 bits per heavy atom. The fourth-order valence-corrected chi connectivity index (χ4v) is 1.77. The average molecular weight is 238 g/mol. The van der Waals surface area contributed by atoms with Crippen molar-refractivity contribution in [2.75, 3.05) is 38.5 Å². The molecule has 0 aromatic rings. The summed E-state index contributed by atoms with van der Waals surface area (Å²) in [5.74, 6) is -0.179. The van der Waals surface area contributed by atoms with E-state index in [4.69, 9.17) is 4.55 Å². The minimum atomic E-state index is -3.82. The monoisotopic (exact) mass is 238 g/mol. The standard InChI is InChI=1S/C9H22N2O3S/c1-3-10-6-5-7-11(4-2)8-9-15(12,13)14/h10H,3-9H2,1-2H3,(H,12,13,14). The van der Waals surface area contributed by atoms with E-state index in [-0.39, 0.29) is 5.75 Å². The molecule has 5 nitrogen and oxygen atoms in total. The Labute approximate surface area is 92.6 Å². The summed E-state index contributed by atoms with van der Waals surface area (Å²) in [6.07, 6.45) is 0.993. The van der Waals surface area contributed by atoms with Gasteiger partial charge in [-0.2, -0.15) is 8.42 Å². The van der Waals surface area contributed by atoms with Gasteiger partial charge in [-0.3, -0.25) is 4.55 Å². The first kappa shape index (κ1) is 14.8. The van der Waals surface area contributed by atoms with Crippen LogP contribution in [-0.2, 0) is 10.1 Å². The number of nitrogens with one attached hydrogen (secondary N) is 1. The van der Waals surface area contributed by atoms with Gasteiger partial charge >= 0.3 is 0 Å². The second-order valence-electron chi connectivity index (χ2n) is 3.43. The molecule has 0 heterocycles. The van der Waals surface area contributed by atoms with Crippen molar-refractivity contribution < 1.29 is 13.0 Å². The van der Waals surface area contributed by atoms with Gasteiger partial charge in [-0.25, -0.2) is 0 Å². The van der Waals surface area contributed by atoms with Gasteiger partial charge in [0.25, 0.3) is 10.1 Å². The minimum absolute atomic E-state index is 0.179. The van der Waals surface area contributed by atoms with E-state index in [0.717, 1.165) is 32.6 Å². The van der Waals surface area contributed by atoms with Crippen LogP contribution < -0.4 is 5.32 Å². The topological polar surface area (TPSA) is 69.6 Å². The molecule has 0 fully saturated rings. The molecule has 0 aliphatic carbocycles. The van der Waals surface area contributed by atoms with Gasteiger partial charge in [0, 0.05) is 6.54 Å². The lowest BCUT2D eigenvalue weighted by Gasteiger charge is -2.19. The van der Waals surface area contributed by atoms with Crippen LogP contribution in [0.3, 0.4) is 0 Å². The zero-order valence-electron chi connectivity index (χ0n) is 9.57. The number of nitrogens with zero attached hydrogens (tertiary/aromatic N) is 1. The second kappa shape index (κ2) is 8.04. The largest absolute Gasteiger partial charge is 0.317 e. The zero-order valence-corrected chi connectivity index (χ0v) is 10.4. The second-order valence-corrected chi connectivity index (χ2v) is 5.00. The molecule has 0 aromatic heterocycles. The highest BCUT2D eigenvalue weighted by molar-refractivity contribution is 7.85. The van der Waals surface area contributed by atoms with E-state index in [0.29, 0.717) is 6.54 Å². The van der Waals surface area contributed by atoms with Crippen molar-refractivity contribution in [3.05, 3.63) is 0 Å². The minimum Gasteiger partial charge on any atom is -0.317 e. The van der Waals surface area contributed by atoms with Crippen LogP contribution in [0.15, 0.2) is 0 Å². The van der Waals surface area contributed by atoms with Gasteiger partial charge in [0.2, 0.25) is 0 Å². The van der Waals surface area contributed by atoms with Gasteiger partial charge in [0.1, 0.15) is 0 Å². The SMILES string of the molecule is CCNCCCN(CC)CCS(=O)(=O)O. The Morgan fingerprint density at radius 3 is 2.40 bits per heavy atom. The van der Waals surface area contributed by atoms with Gasteiger partial charge < -0.3 is 10.2 Å². The maximum Gasteiger partial charge on any atom is 0.266 e. The Bertz CT molecular complexity index is 242. The van der Waals surface area contributed by atoms with Gasteiger partial charge in [-0.15, -0.1) is 0 Å². The molecule has 0 saturated heterocycles. The Kier molecular flexibility index (Phi) is 7.95. The highest BCUT2D eigenvalue weighted by Gasteiger charge is 2.08. The van der Waals surface area contributed by atoms with E-state index >= 15 is 0 Å². The molecule has 0 atom stereocenters. The maximum absolute atomic E-state index is 10.5. The van der Waals surface area contributed by atoms with Gasteiger partial charge in [-0.05, 0) is 32.6 Å². The van der Waals surface area contributed by atoms with Crippen LogP contribution in [0.5, 0.6) is 0 Å². The normalized spacial score (nSPS) is 12.3. The summed E-state index contributed by atoms with van der Waals surface area (Å²) in [7, 11) is -3.82. The summed E-state index contributed by atoms with van der Waals surface area (Å²) in [5, 5.41) is 3.21.